The van der Waals surface area contributed by atoms with Crippen molar-refractivity contribution < 1.29 is 14.3 Å². The van der Waals surface area contributed by atoms with Gasteiger partial charge in [-0.3, -0.25) is 9.36 Å². The topological polar surface area (TPSA) is 65.4 Å². The molecule has 5 aromatic rings. The van der Waals surface area contributed by atoms with Crippen molar-refractivity contribution in [2.45, 2.75) is 36.9 Å². The molecule has 1 aliphatic rings. The zero-order valence-electron chi connectivity index (χ0n) is 23.6. The highest BCUT2D eigenvalue weighted by Crippen LogP contribution is 2.38. The van der Waals surface area contributed by atoms with E-state index >= 15 is 0 Å². The lowest BCUT2D eigenvalue weighted by Crippen LogP contribution is -2.52. The molecule has 1 saturated heterocycles. The molecule has 0 bridgehead atoms. The number of para-hydroxylation sites is 1. The quantitative estimate of drug-likeness (QED) is 0.197. The van der Waals surface area contributed by atoms with Crippen molar-refractivity contribution in [3.8, 4) is 28.2 Å². The highest BCUT2D eigenvalue weighted by atomic mass is 32.2. The van der Waals surface area contributed by atoms with Crippen molar-refractivity contribution in [3.63, 3.8) is 0 Å². The van der Waals surface area contributed by atoms with Crippen LogP contribution in [0.15, 0.2) is 126 Å². The first-order valence-corrected chi connectivity index (χ1v) is 15.0. The number of thioether (sulfide) groups is 1. The van der Waals surface area contributed by atoms with Gasteiger partial charge in [-0.05, 0) is 31.5 Å². The second-order valence-electron chi connectivity index (χ2n) is 10.6. The third-order valence-electron chi connectivity index (χ3n) is 7.15. The van der Waals surface area contributed by atoms with Crippen molar-refractivity contribution in [3.05, 3.63) is 127 Å². The third kappa shape index (κ3) is 6.19. The molecule has 2 atom stereocenters. The molecular formula is C35H33N3O3S. The molecule has 1 aliphatic heterocycles. The van der Waals surface area contributed by atoms with Crippen molar-refractivity contribution in [1.29, 1.82) is 0 Å². The van der Waals surface area contributed by atoms with Crippen LogP contribution < -0.4 is 5.32 Å². The summed E-state index contributed by atoms with van der Waals surface area (Å²) in [7, 11) is 0. The fourth-order valence-electron chi connectivity index (χ4n) is 5.21. The standard InChI is InChI=1S/C35H33N3O3S/c1-35(2)40-23-29(33(41-35)27-19-11-5-12-20-27)36-30(39)24-42-34-37-31(25-15-7-3-8-16-25)32(26-17-9-4-10-18-26)38(34)28-21-13-6-14-22-28/h3-22,29,33H,23-24H2,1-2H3,(H,36,39). The van der Waals surface area contributed by atoms with Crippen molar-refractivity contribution in [2.24, 2.45) is 0 Å². The van der Waals surface area contributed by atoms with E-state index < -0.39 is 5.79 Å². The molecule has 2 heterocycles. The van der Waals surface area contributed by atoms with E-state index in [2.05, 4.69) is 46.3 Å². The zero-order valence-corrected chi connectivity index (χ0v) is 24.5. The summed E-state index contributed by atoms with van der Waals surface area (Å²) in [6.07, 6.45) is -0.315. The van der Waals surface area contributed by atoms with Crippen LogP contribution in [0, 0.1) is 0 Å². The lowest BCUT2D eigenvalue weighted by molar-refractivity contribution is -0.284. The molecule has 1 fully saturated rings. The lowest BCUT2D eigenvalue weighted by atomic mass is 10.0. The van der Waals surface area contributed by atoms with Crippen LogP contribution >= 0.6 is 11.8 Å². The minimum Gasteiger partial charge on any atom is -0.348 e. The Kier molecular flexibility index (Phi) is 8.24. The lowest BCUT2D eigenvalue weighted by Gasteiger charge is -2.41. The number of ether oxygens (including phenoxy) is 2. The Labute approximate surface area is 250 Å². The summed E-state index contributed by atoms with van der Waals surface area (Å²) < 4.78 is 14.3. The van der Waals surface area contributed by atoms with Crippen molar-refractivity contribution in [1.82, 2.24) is 14.9 Å². The normalized spacial score (nSPS) is 18.0. The van der Waals surface area contributed by atoms with Crippen LogP contribution in [0.2, 0.25) is 0 Å². The number of hydrogen-bond acceptors (Lipinski definition) is 5. The number of aromatic nitrogens is 2. The number of carbonyl (C=O) groups excluding carboxylic acids is 1. The summed E-state index contributed by atoms with van der Waals surface area (Å²) in [4.78, 5) is 18.6. The van der Waals surface area contributed by atoms with E-state index in [1.165, 1.54) is 11.8 Å². The first kappa shape index (κ1) is 28.0. The summed E-state index contributed by atoms with van der Waals surface area (Å²) in [5.74, 6) is -0.658. The number of nitrogens with one attached hydrogen (secondary N) is 1. The second kappa shape index (κ2) is 12.4. The van der Waals surface area contributed by atoms with Gasteiger partial charge in [0.05, 0.1) is 29.8 Å². The van der Waals surface area contributed by atoms with E-state index in [0.717, 1.165) is 38.9 Å². The van der Waals surface area contributed by atoms with Gasteiger partial charge in [0, 0.05) is 16.8 Å². The van der Waals surface area contributed by atoms with Gasteiger partial charge in [0.15, 0.2) is 10.9 Å². The van der Waals surface area contributed by atoms with Crippen LogP contribution in [0.4, 0.5) is 0 Å². The van der Waals surface area contributed by atoms with Gasteiger partial charge in [-0.1, -0.05) is 121 Å². The fraction of sp³-hybridized carbons (Fsp3) is 0.200. The molecule has 0 saturated carbocycles. The molecule has 1 amide bonds. The minimum atomic E-state index is -0.738. The molecule has 7 heteroatoms. The molecule has 6 rings (SSSR count). The molecular weight excluding hydrogens is 542 g/mol. The van der Waals surface area contributed by atoms with E-state index in [9.17, 15) is 4.79 Å². The van der Waals surface area contributed by atoms with Crippen LogP contribution in [0.1, 0.15) is 25.5 Å². The van der Waals surface area contributed by atoms with E-state index in [1.807, 2.05) is 98.8 Å². The smallest absolute Gasteiger partial charge is 0.230 e. The average molecular weight is 576 g/mol. The molecule has 212 valence electrons. The van der Waals surface area contributed by atoms with Crippen molar-refractivity contribution >= 4 is 17.7 Å². The Morgan fingerprint density at radius 3 is 2.07 bits per heavy atom. The molecule has 0 spiro atoms. The SMILES string of the molecule is CC1(C)OCC(NC(=O)CSc2nc(-c3ccccc3)c(-c3ccccc3)n2-c2ccccc2)C(c2ccccc2)O1. The largest absolute Gasteiger partial charge is 0.348 e. The van der Waals surface area contributed by atoms with Crippen LogP contribution in [0.5, 0.6) is 0 Å². The summed E-state index contributed by atoms with van der Waals surface area (Å²) in [6, 6.07) is 40.3. The second-order valence-corrected chi connectivity index (χ2v) is 11.6. The molecule has 6 nitrogen and oxygen atoms in total. The number of benzene rings is 4. The summed E-state index contributed by atoms with van der Waals surface area (Å²) >= 11 is 1.42. The van der Waals surface area contributed by atoms with E-state index in [1.54, 1.807) is 0 Å². The Hall–Kier alpha value is -4.17. The number of nitrogens with zero attached hydrogens (tertiary/aromatic N) is 2. The predicted molar refractivity (Wildman–Crippen MR) is 167 cm³/mol. The summed E-state index contributed by atoms with van der Waals surface area (Å²) in [5, 5.41) is 3.91. The van der Waals surface area contributed by atoms with Gasteiger partial charge in [-0.2, -0.15) is 0 Å². The maximum Gasteiger partial charge on any atom is 0.230 e. The van der Waals surface area contributed by atoms with E-state index in [0.29, 0.717) is 6.61 Å². The molecule has 0 aliphatic carbocycles. The Morgan fingerprint density at radius 1 is 0.857 bits per heavy atom. The first-order chi connectivity index (χ1) is 20.5. The van der Waals surface area contributed by atoms with Crippen LogP contribution in [-0.4, -0.2) is 39.6 Å². The van der Waals surface area contributed by atoms with Gasteiger partial charge < -0.3 is 14.8 Å². The Morgan fingerprint density at radius 2 is 1.43 bits per heavy atom. The molecule has 0 radical (unpaired) electrons. The first-order valence-electron chi connectivity index (χ1n) is 14.1. The highest BCUT2D eigenvalue weighted by Gasteiger charge is 2.38. The number of amides is 1. The van der Waals surface area contributed by atoms with Crippen molar-refractivity contribution in [2.75, 3.05) is 12.4 Å². The van der Waals surface area contributed by atoms with E-state index in [4.69, 9.17) is 14.5 Å². The number of carbonyl (C=O) groups is 1. The molecule has 42 heavy (non-hydrogen) atoms. The van der Waals surface area contributed by atoms with E-state index in [-0.39, 0.29) is 23.8 Å². The number of rotatable bonds is 8. The molecule has 1 aromatic heterocycles. The highest BCUT2D eigenvalue weighted by molar-refractivity contribution is 7.99. The average Bonchev–Trinajstić information content (AvgIpc) is 3.42. The molecule has 4 aromatic carbocycles. The third-order valence-corrected chi connectivity index (χ3v) is 8.09. The maximum absolute atomic E-state index is 13.4. The molecule has 1 N–H and O–H groups in total. The van der Waals surface area contributed by atoms with Crippen LogP contribution in [0.25, 0.3) is 28.2 Å². The summed E-state index contributed by atoms with van der Waals surface area (Å²) in [5.41, 5.74) is 5.90. The van der Waals surface area contributed by atoms with Gasteiger partial charge in [0.25, 0.3) is 0 Å². The van der Waals surface area contributed by atoms with Gasteiger partial charge in [-0.15, -0.1) is 0 Å². The number of hydrogen-bond donors (Lipinski definition) is 1. The van der Waals surface area contributed by atoms with Gasteiger partial charge in [0.2, 0.25) is 5.91 Å². The van der Waals surface area contributed by atoms with Gasteiger partial charge in [-0.25, -0.2) is 4.98 Å². The fourth-order valence-corrected chi connectivity index (χ4v) is 6.04. The zero-order chi connectivity index (χ0) is 28.9. The minimum absolute atomic E-state index is 0.108. The Balaban J connectivity index is 1.31. The molecule has 2 unspecified atom stereocenters. The van der Waals surface area contributed by atoms with Gasteiger partial charge in [0.1, 0.15) is 6.10 Å². The van der Waals surface area contributed by atoms with Crippen LogP contribution in [0.3, 0.4) is 0 Å². The predicted octanol–water partition coefficient (Wildman–Crippen LogP) is 7.31. The number of imidazole rings is 1. The summed E-state index contributed by atoms with van der Waals surface area (Å²) in [6.45, 7) is 4.15. The van der Waals surface area contributed by atoms with Gasteiger partial charge >= 0.3 is 0 Å². The Bertz CT molecular complexity index is 1620. The monoisotopic (exact) mass is 575 g/mol. The maximum atomic E-state index is 13.4. The van der Waals surface area contributed by atoms with Crippen LogP contribution in [-0.2, 0) is 14.3 Å².